The molecule has 2 aliphatic heterocycles. The van der Waals surface area contributed by atoms with E-state index in [1.54, 1.807) is 26.8 Å². The van der Waals surface area contributed by atoms with Crippen LogP contribution in [0, 0.1) is 5.82 Å². The van der Waals surface area contributed by atoms with Gasteiger partial charge in [0.15, 0.2) is 0 Å². The van der Waals surface area contributed by atoms with Gasteiger partial charge in [-0.25, -0.2) is 14.6 Å². The number of amides is 2. The Morgan fingerprint density at radius 1 is 1.18 bits per heavy atom. The largest absolute Gasteiger partial charge is 0.494 e. The average molecular weight is 535 g/mol. The van der Waals surface area contributed by atoms with Gasteiger partial charge >= 0.3 is 19.2 Å². The van der Waals surface area contributed by atoms with Crippen molar-refractivity contribution in [3.8, 4) is 0 Å². The summed E-state index contributed by atoms with van der Waals surface area (Å²) in [6.07, 6.45) is 0.231. The molecule has 12 heteroatoms. The van der Waals surface area contributed by atoms with Gasteiger partial charge in [0.1, 0.15) is 23.5 Å². The minimum absolute atomic E-state index is 0.0383. The number of carbonyl (C=O) groups excluding carboxylic acids is 3. The van der Waals surface area contributed by atoms with Crippen molar-refractivity contribution in [1.29, 1.82) is 0 Å². The van der Waals surface area contributed by atoms with Gasteiger partial charge in [0.05, 0.1) is 18.3 Å². The van der Waals surface area contributed by atoms with Gasteiger partial charge in [-0.2, -0.15) is 0 Å². The Bertz CT molecular complexity index is 1040. The molecular weight excluding hydrogens is 496 g/mol. The maximum atomic E-state index is 14.8. The molecule has 0 bridgehead atoms. The Hall–Kier alpha value is -2.70. The van der Waals surface area contributed by atoms with Crippen LogP contribution in [0.25, 0.3) is 0 Å². The first kappa shape index (κ1) is 29.9. The molecule has 3 rings (SSSR count). The van der Waals surface area contributed by atoms with E-state index in [9.17, 15) is 18.8 Å². The van der Waals surface area contributed by atoms with Gasteiger partial charge in [-0.3, -0.25) is 14.6 Å². The zero-order valence-corrected chi connectivity index (χ0v) is 23.5. The highest BCUT2D eigenvalue weighted by Gasteiger charge is 2.51. The third kappa shape index (κ3) is 7.24. The van der Waals surface area contributed by atoms with Crippen LogP contribution in [0.5, 0.6) is 0 Å². The summed E-state index contributed by atoms with van der Waals surface area (Å²) in [5.41, 5.74) is 1.77. The van der Waals surface area contributed by atoms with E-state index in [0.29, 0.717) is 30.4 Å². The number of hydrazine groups is 1. The van der Waals surface area contributed by atoms with E-state index in [1.807, 2.05) is 27.7 Å². The monoisotopic (exact) mass is 535 g/mol. The summed E-state index contributed by atoms with van der Waals surface area (Å²) in [7, 11) is 0.478. The smallest absolute Gasteiger partial charge is 0.468 e. The van der Waals surface area contributed by atoms with Crippen LogP contribution in [0.2, 0.25) is 0 Å². The summed E-state index contributed by atoms with van der Waals surface area (Å²) in [4.78, 5) is 38.2. The van der Waals surface area contributed by atoms with Crippen molar-refractivity contribution in [2.75, 3.05) is 13.7 Å². The summed E-state index contributed by atoms with van der Waals surface area (Å²) < 4.78 is 37.1. The summed E-state index contributed by atoms with van der Waals surface area (Å²) in [6.45, 7) is 13.1. The van der Waals surface area contributed by atoms with Crippen LogP contribution >= 0.6 is 0 Å². The second-order valence-electron chi connectivity index (χ2n) is 11.7. The van der Waals surface area contributed by atoms with E-state index in [4.69, 9.17) is 18.8 Å². The van der Waals surface area contributed by atoms with Crippen LogP contribution < -0.4 is 16.2 Å². The zero-order chi connectivity index (χ0) is 28.5. The minimum Gasteiger partial charge on any atom is -0.468 e. The third-order valence-corrected chi connectivity index (χ3v) is 6.87. The molecule has 0 radical (unpaired) electrons. The van der Waals surface area contributed by atoms with E-state index in [2.05, 4.69) is 10.7 Å². The van der Waals surface area contributed by atoms with Crippen molar-refractivity contribution in [3.63, 3.8) is 0 Å². The molecule has 210 valence electrons. The number of nitrogens with one attached hydrogen (secondary N) is 2. The number of halogens is 1. The second-order valence-corrected chi connectivity index (χ2v) is 11.7. The third-order valence-electron chi connectivity index (χ3n) is 6.87. The number of rotatable bonds is 6. The molecule has 0 aromatic heterocycles. The Morgan fingerprint density at radius 3 is 2.39 bits per heavy atom. The maximum absolute atomic E-state index is 14.8. The lowest BCUT2D eigenvalue weighted by molar-refractivity contribution is -0.150. The average Bonchev–Trinajstić information content (AvgIpc) is 3.03. The number of nitrogens with zero attached hydrogens (tertiary/aromatic N) is 1. The molecule has 1 unspecified atom stereocenters. The van der Waals surface area contributed by atoms with Crippen LogP contribution in [0.1, 0.15) is 66.9 Å². The number of benzene rings is 1. The molecule has 38 heavy (non-hydrogen) atoms. The summed E-state index contributed by atoms with van der Waals surface area (Å²) in [6, 6.07) is 2.53. The summed E-state index contributed by atoms with van der Waals surface area (Å²) in [5, 5.41) is 3.91. The number of hydrogen-bond donors (Lipinski definition) is 2. The lowest BCUT2D eigenvalue weighted by Gasteiger charge is -2.35. The molecular formula is C26H39BFN3O7. The van der Waals surface area contributed by atoms with Crippen LogP contribution in [-0.2, 0) is 34.8 Å². The molecule has 0 spiro atoms. The number of alkyl carbamates (subject to hydrolysis) is 1. The molecule has 1 aromatic carbocycles. The number of carbonyl (C=O) groups is 3. The molecule has 2 saturated heterocycles. The standard InChI is InChI=1S/C26H39BFN3O7/c1-24(2,3)36-23(34)29-20(21(32)31-11-9-10-19(30-31)22(33)35-8)14-16-12-17(15-18(28)13-16)27-37-25(4,5)26(6,7)38-27/h12-13,15,19-20,30H,9-11,14H2,1-8H3,(H,29,34)/t19-,20?/m0/s1. The van der Waals surface area contributed by atoms with E-state index < -0.39 is 59.8 Å². The summed E-state index contributed by atoms with van der Waals surface area (Å²) in [5.74, 6) is -1.51. The highest BCUT2D eigenvalue weighted by atomic mass is 19.1. The lowest BCUT2D eigenvalue weighted by Crippen LogP contribution is -2.60. The van der Waals surface area contributed by atoms with E-state index in [-0.39, 0.29) is 6.42 Å². The van der Waals surface area contributed by atoms with Crippen LogP contribution in [0.15, 0.2) is 18.2 Å². The fourth-order valence-corrected chi connectivity index (χ4v) is 4.24. The normalized spacial score (nSPS) is 21.6. The first-order valence-corrected chi connectivity index (χ1v) is 12.8. The Balaban J connectivity index is 1.86. The summed E-state index contributed by atoms with van der Waals surface area (Å²) >= 11 is 0. The van der Waals surface area contributed by atoms with Crippen molar-refractivity contribution >= 4 is 30.6 Å². The number of methoxy groups -OCH3 is 1. The second kappa shape index (κ2) is 11.2. The highest BCUT2D eigenvalue weighted by molar-refractivity contribution is 6.62. The number of ether oxygens (including phenoxy) is 2. The fraction of sp³-hybridized carbons (Fsp3) is 0.654. The maximum Gasteiger partial charge on any atom is 0.494 e. The predicted molar refractivity (Wildman–Crippen MR) is 139 cm³/mol. The first-order valence-electron chi connectivity index (χ1n) is 12.8. The van der Waals surface area contributed by atoms with E-state index >= 15 is 0 Å². The van der Waals surface area contributed by atoms with Gasteiger partial charge in [0.25, 0.3) is 5.91 Å². The Labute approximate surface area is 224 Å². The lowest BCUT2D eigenvalue weighted by atomic mass is 9.78. The molecule has 0 saturated carbocycles. The molecule has 2 N–H and O–H groups in total. The molecule has 2 aliphatic rings. The Kier molecular flexibility index (Phi) is 8.79. The van der Waals surface area contributed by atoms with Crippen molar-refractivity contribution < 1.29 is 37.6 Å². The predicted octanol–water partition coefficient (Wildman–Crippen LogP) is 2.23. The highest BCUT2D eigenvalue weighted by Crippen LogP contribution is 2.36. The SMILES string of the molecule is COC(=O)[C@@H]1CCCN(C(=O)C(Cc2cc(F)cc(B3OC(C)(C)C(C)(C)O3)c2)NC(=O)OC(C)(C)C)N1. The van der Waals surface area contributed by atoms with E-state index in [0.717, 1.165) is 0 Å². The minimum atomic E-state index is -1.11. The fourth-order valence-electron chi connectivity index (χ4n) is 4.24. The van der Waals surface area contributed by atoms with Crippen molar-refractivity contribution in [2.24, 2.45) is 0 Å². The van der Waals surface area contributed by atoms with Gasteiger partial charge < -0.3 is 24.1 Å². The molecule has 2 amide bonds. The van der Waals surface area contributed by atoms with Gasteiger partial charge in [-0.1, -0.05) is 6.07 Å². The van der Waals surface area contributed by atoms with Gasteiger partial charge in [-0.15, -0.1) is 0 Å². The van der Waals surface area contributed by atoms with Gasteiger partial charge in [0, 0.05) is 13.0 Å². The van der Waals surface area contributed by atoms with Crippen molar-refractivity contribution in [2.45, 2.75) is 96.6 Å². The molecule has 2 heterocycles. The van der Waals surface area contributed by atoms with Gasteiger partial charge in [0.2, 0.25) is 0 Å². The van der Waals surface area contributed by atoms with Gasteiger partial charge in [-0.05, 0) is 84.5 Å². The molecule has 0 aliphatic carbocycles. The molecule has 2 atom stereocenters. The first-order chi connectivity index (χ1) is 17.5. The number of esters is 1. The molecule has 2 fully saturated rings. The topological polar surface area (TPSA) is 115 Å². The van der Waals surface area contributed by atoms with E-state index in [1.165, 1.54) is 24.3 Å². The number of hydrogen-bond acceptors (Lipinski definition) is 8. The Morgan fingerprint density at radius 2 is 1.82 bits per heavy atom. The van der Waals surface area contributed by atoms with Crippen molar-refractivity contribution in [1.82, 2.24) is 15.8 Å². The van der Waals surface area contributed by atoms with Crippen molar-refractivity contribution in [3.05, 3.63) is 29.6 Å². The molecule has 1 aromatic rings. The van der Waals surface area contributed by atoms with Crippen LogP contribution in [-0.4, -0.2) is 72.6 Å². The van der Waals surface area contributed by atoms with Crippen LogP contribution in [0.3, 0.4) is 0 Å². The molecule has 10 nitrogen and oxygen atoms in total. The van der Waals surface area contributed by atoms with Crippen LogP contribution in [0.4, 0.5) is 9.18 Å². The zero-order valence-electron chi connectivity index (χ0n) is 23.5. The quantitative estimate of drug-likeness (QED) is 0.421.